The predicted molar refractivity (Wildman–Crippen MR) is 159 cm³/mol. The summed E-state index contributed by atoms with van der Waals surface area (Å²) >= 11 is 10.6. The molecule has 4 aromatic rings. The summed E-state index contributed by atoms with van der Waals surface area (Å²) in [7, 11) is 0. The fourth-order valence-corrected chi connectivity index (χ4v) is 5.04. The van der Waals surface area contributed by atoms with Gasteiger partial charge in [0.25, 0.3) is 5.56 Å². The van der Waals surface area contributed by atoms with E-state index in [1.807, 2.05) is 39.8 Å². The lowest BCUT2D eigenvalue weighted by atomic mass is 9.95. The molecule has 3 aromatic carbocycles. The number of nitrogens with zero attached hydrogens (tertiary/aromatic N) is 3. The first-order chi connectivity index (χ1) is 18.0. The number of rotatable bonds is 7. The lowest BCUT2D eigenvalue weighted by molar-refractivity contribution is 0.267. The molecule has 0 spiro atoms. The second kappa shape index (κ2) is 11.7. The number of aromatic nitrogens is 2. The standard InChI is InChI=1S/C28H25Br3FN3O3/c1-5-37-22-12-17(23(30)24(31)25(22)38-15-16-7-6-8-19(32)11-16)14-33-35-26(36)20-13-18(29)9-10-21(20)34-27(35)28(2,3)4/h6-14H,5,15H2,1-4H3. The van der Waals surface area contributed by atoms with Gasteiger partial charge in [0.05, 0.1) is 28.2 Å². The van der Waals surface area contributed by atoms with Crippen molar-refractivity contribution < 1.29 is 13.9 Å². The molecule has 6 nitrogen and oxygen atoms in total. The van der Waals surface area contributed by atoms with Gasteiger partial charge in [-0.25, -0.2) is 9.37 Å². The van der Waals surface area contributed by atoms with E-state index in [1.54, 1.807) is 30.5 Å². The van der Waals surface area contributed by atoms with Crippen LogP contribution in [0.3, 0.4) is 0 Å². The maximum Gasteiger partial charge on any atom is 0.282 e. The van der Waals surface area contributed by atoms with Crippen LogP contribution in [-0.4, -0.2) is 22.5 Å². The Labute approximate surface area is 245 Å². The second-order valence-corrected chi connectivity index (χ2v) is 12.0. The summed E-state index contributed by atoms with van der Waals surface area (Å²) in [6.45, 7) is 8.37. The van der Waals surface area contributed by atoms with Gasteiger partial charge in [0, 0.05) is 19.9 Å². The van der Waals surface area contributed by atoms with E-state index in [0.29, 0.717) is 54.9 Å². The molecule has 0 fully saturated rings. The van der Waals surface area contributed by atoms with E-state index in [2.05, 4.69) is 52.9 Å². The van der Waals surface area contributed by atoms with E-state index < -0.39 is 5.41 Å². The number of benzene rings is 3. The van der Waals surface area contributed by atoms with Gasteiger partial charge in [-0.2, -0.15) is 9.78 Å². The zero-order valence-electron chi connectivity index (χ0n) is 21.2. The van der Waals surface area contributed by atoms with Crippen LogP contribution in [0.4, 0.5) is 4.39 Å². The van der Waals surface area contributed by atoms with Gasteiger partial charge in [-0.3, -0.25) is 4.79 Å². The van der Waals surface area contributed by atoms with E-state index in [1.165, 1.54) is 16.8 Å². The van der Waals surface area contributed by atoms with Crippen LogP contribution in [-0.2, 0) is 12.0 Å². The van der Waals surface area contributed by atoms with Gasteiger partial charge < -0.3 is 9.47 Å². The highest BCUT2D eigenvalue weighted by Crippen LogP contribution is 2.43. The smallest absolute Gasteiger partial charge is 0.282 e. The van der Waals surface area contributed by atoms with Crippen molar-refractivity contribution in [2.45, 2.75) is 39.7 Å². The second-order valence-electron chi connectivity index (χ2n) is 9.48. The molecular weight excluding hydrogens is 685 g/mol. The van der Waals surface area contributed by atoms with Crippen LogP contribution in [0, 0.1) is 5.82 Å². The van der Waals surface area contributed by atoms with Crippen molar-refractivity contribution in [3.8, 4) is 11.5 Å². The molecule has 0 N–H and O–H groups in total. The zero-order valence-corrected chi connectivity index (χ0v) is 25.9. The molecule has 0 radical (unpaired) electrons. The molecule has 198 valence electrons. The van der Waals surface area contributed by atoms with Crippen LogP contribution in [0.1, 0.15) is 44.6 Å². The maximum absolute atomic E-state index is 13.6. The lowest BCUT2D eigenvalue weighted by Gasteiger charge is -2.21. The number of fused-ring (bicyclic) bond motifs is 1. The number of halogens is 4. The summed E-state index contributed by atoms with van der Waals surface area (Å²) in [5.41, 5.74) is 1.23. The summed E-state index contributed by atoms with van der Waals surface area (Å²) in [5.74, 6) is 1.14. The highest BCUT2D eigenvalue weighted by Gasteiger charge is 2.23. The van der Waals surface area contributed by atoms with E-state index >= 15 is 0 Å². The topological polar surface area (TPSA) is 65.7 Å². The van der Waals surface area contributed by atoms with Gasteiger partial charge in [0.2, 0.25) is 0 Å². The molecule has 1 aromatic heterocycles. The minimum atomic E-state index is -0.444. The molecule has 0 aliphatic carbocycles. The van der Waals surface area contributed by atoms with Crippen LogP contribution in [0.25, 0.3) is 10.9 Å². The third-order valence-electron chi connectivity index (χ3n) is 5.52. The normalized spacial score (nSPS) is 11.9. The van der Waals surface area contributed by atoms with Gasteiger partial charge in [0.1, 0.15) is 18.2 Å². The van der Waals surface area contributed by atoms with Crippen molar-refractivity contribution in [2.75, 3.05) is 6.61 Å². The van der Waals surface area contributed by atoms with Crippen LogP contribution in [0.15, 0.2) is 71.8 Å². The van der Waals surface area contributed by atoms with Crippen LogP contribution in [0.5, 0.6) is 11.5 Å². The fourth-order valence-electron chi connectivity index (χ4n) is 3.74. The first kappa shape index (κ1) is 28.4. The lowest BCUT2D eigenvalue weighted by Crippen LogP contribution is -2.29. The monoisotopic (exact) mass is 707 g/mol. The largest absolute Gasteiger partial charge is 0.490 e. The third-order valence-corrected chi connectivity index (χ3v) is 8.16. The third kappa shape index (κ3) is 6.18. The van der Waals surface area contributed by atoms with Crippen LogP contribution in [0.2, 0.25) is 0 Å². The predicted octanol–water partition coefficient (Wildman–Crippen LogP) is 7.98. The Balaban J connectivity index is 1.78. The van der Waals surface area contributed by atoms with Gasteiger partial charge in [-0.15, -0.1) is 0 Å². The summed E-state index contributed by atoms with van der Waals surface area (Å²) in [4.78, 5) is 18.2. The van der Waals surface area contributed by atoms with Gasteiger partial charge in [-0.1, -0.05) is 48.8 Å². The molecule has 4 rings (SSSR count). The van der Waals surface area contributed by atoms with Gasteiger partial charge in [0.15, 0.2) is 11.5 Å². The average Bonchev–Trinajstić information content (AvgIpc) is 2.85. The minimum Gasteiger partial charge on any atom is -0.490 e. The van der Waals surface area contributed by atoms with E-state index in [4.69, 9.17) is 14.5 Å². The molecule has 0 bridgehead atoms. The van der Waals surface area contributed by atoms with Gasteiger partial charge in [-0.05, 0) is 80.7 Å². The van der Waals surface area contributed by atoms with Crippen molar-refractivity contribution in [3.63, 3.8) is 0 Å². The zero-order chi connectivity index (χ0) is 27.6. The first-order valence-electron chi connectivity index (χ1n) is 11.8. The molecule has 0 aliphatic rings. The van der Waals surface area contributed by atoms with Crippen LogP contribution < -0.4 is 15.0 Å². The summed E-state index contributed by atoms with van der Waals surface area (Å²) in [6, 6.07) is 13.4. The maximum atomic E-state index is 13.6. The molecule has 0 saturated carbocycles. The quantitative estimate of drug-likeness (QED) is 0.183. The minimum absolute atomic E-state index is 0.152. The highest BCUT2D eigenvalue weighted by molar-refractivity contribution is 9.13. The van der Waals surface area contributed by atoms with Crippen molar-refractivity contribution in [1.29, 1.82) is 0 Å². The average molecular weight is 710 g/mol. The van der Waals surface area contributed by atoms with Crippen molar-refractivity contribution in [2.24, 2.45) is 5.10 Å². The molecule has 0 amide bonds. The Morgan fingerprint density at radius 1 is 1.05 bits per heavy atom. The number of hydrogen-bond acceptors (Lipinski definition) is 5. The molecule has 0 unspecified atom stereocenters. The summed E-state index contributed by atoms with van der Waals surface area (Å²) in [6.07, 6.45) is 1.58. The number of hydrogen-bond donors (Lipinski definition) is 0. The Morgan fingerprint density at radius 2 is 1.82 bits per heavy atom. The summed E-state index contributed by atoms with van der Waals surface area (Å²) in [5, 5.41) is 5.03. The molecule has 0 aliphatic heterocycles. The summed E-state index contributed by atoms with van der Waals surface area (Å²) < 4.78 is 28.9. The van der Waals surface area contributed by atoms with Crippen molar-refractivity contribution in [1.82, 2.24) is 9.66 Å². The Morgan fingerprint density at radius 3 is 2.50 bits per heavy atom. The van der Waals surface area contributed by atoms with Crippen molar-refractivity contribution >= 4 is 64.9 Å². The molecule has 1 heterocycles. The van der Waals surface area contributed by atoms with Crippen LogP contribution >= 0.6 is 47.8 Å². The molecular formula is C28H25Br3FN3O3. The molecule has 38 heavy (non-hydrogen) atoms. The molecule has 10 heteroatoms. The first-order valence-corrected chi connectivity index (χ1v) is 14.2. The molecule has 0 atom stereocenters. The SMILES string of the molecule is CCOc1cc(C=Nn2c(C(C)(C)C)nc3ccc(Br)cc3c2=O)c(Br)c(Br)c1OCc1cccc(F)c1. The van der Waals surface area contributed by atoms with Crippen molar-refractivity contribution in [3.05, 3.63) is 95.1 Å². The Hall–Kier alpha value is -2.56. The Kier molecular flexibility index (Phi) is 8.74. The van der Waals surface area contributed by atoms with E-state index in [9.17, 15) is 9.18 Å². The number of ether oxygens (including phenoxy) is 2. The van der Waals surface area contributed by atoms with E-state index in [0.717, 1.165) is 4.47 Å². The molecule has 0 saturated heterocycles. The fraction of sp³-hybridized carbons (Fsp3) is 0.250. The Bertz CT molecular complexity index is 1600. The van der Waals surface area contributed by atoms with Gasteiger partial charge >= 0.3 is 0 Å². The van der Waals surface area contributed by atoms with E-state index in [-0.39, 0.29) is 18.0 Å². The highest BCUT2D eigenvalue weighted by atomic mass is 79.9.